The Bertz CT molecular complexity index is 352. The van der Waals surface area contributed by atoms with Crippen molar-refractivity contribution in [3.05, 3.63) is 28.8 Å². The molecule has 0 atom stereocenters. The van der Waals surface area contributed by atoms with E-state index in [1.807, 2.05) is 26.0 Å². The van der Waals surface area contributed by atoms with E-state index in [1.165, 1.54) is 0 Å². The Morgan fingerprint density at radius 2 is 2.27 bits per heavy atom. The van der Waals surface area contributed by atoms with Gasteiger partial charge >= 0.3 is 0 Å². The molecule has 0 spiro atoms. The molecule has 4 heteroatoms. The Morgan fingerprint density at radius 3 is 2.93 bits per heavy atom. The van der Waals surface area contributed by atoms with E-state index in [0.717, 1.165) is 5.56 Å². The van der Waals surface area contributed by atoms with Crippen LogP contribution >= 0.6 is 11.6 Å². The summed E-state index contributed by atoms with van der Waals surface area (Å²) in [5.74, 6) is -0.190. The minimum atomic E-state index is -0.190. The third-order valence-electron chi connectivity index (χ3n) is 1.83. The number of anilines is 1. The van der Waals surface area contributed by atoms with Gasteiger partial charge in [-0.2, -0.15) is 0 Å². The third kappa shape index (κ3) is 3.90. The molecule has 0 heterocycles. The van der Waals surface area contributed by atoms with Crippen LogP contribution in [0.1, 0.15) is 12.5 Å². The summed E-state index contributed by atoms with van der Waals surface area (Å²) in [6.45, 7) is 4.36. The Balaban J connectivity index is 2.63. The van der Waals surface area contributed by atoms with Gasteiger partial charge in [0.05, 0.1) is 10.7 Å². The fourth-order valence-corrected chi connectivity index (χ4v) is 1.28. The van der Waals surface area contributed by atoms with E-state index >= 15 is 0 Å². The van der Waals surface area contributed by atoms with Crippen molar-refractivity contribution in [2.75, 3.05) is 18.5 Å². The van der Waals surface area contributed by atoms with Crippen molar-refractivity contribution in [2.45, 2.75) is 13.8 Å². The summed E-state index contributed by atoms with van der Waals surface area (Å²) in [5, 5.41) is 3.22. The maximum atomic E-state index is 11.3. The van der Waals surface area contributed by atoms with Crippen LogP contribution in [-0.4, -0.2) is 19.1 Å². The van der Waals surface area contributed by atoms with Crippen molar-refractivity contribution in [3.8, 4) is 0 Å². The van der Waals surface area contributed by atoms with Gasteiger partial charge in [0.2, 0.25) is 5.91 Å². The highest BCUT2D eigenvalue weighted by molar-refractivity contribution is 6.33. The van der Waals surface area contributed by atoms with E-state index in [9.17, 15) is 4.79 Å². The second kappa shape index (κ2) is 5.73. The third-order valence-corrected chi connectivity index (χ3v) is 2.16. The quantitative estimate of drug-likeness (QED) is 0.859. The van der Waals surface area contributed by atoms with E-state index in [-0.39, 0.29) is 12.5 Å². The molecule has 0 bridgehead atoms. The van der Waals surface area contributed by atoms with Crippen molar-refractivity contribution >= 4 is 23.2 Å². The topological polar surface area (TPSA) is 38.3 Å². The van der Waals surface area contributed by atoms with Crippen LogP contribution in [0.5, 0.6) is 0 Å². The van der Waals surface area contributed by atoms with Gasteiger partial charge in [0.15, 0.2) is 0 Å². The molecule has 3 nitrogen and oxygen atoms in total. The number of halogens is 1. The smallest absolute Gasteiger partial charge is 0.250 e. The summed E-state index contributed by atoms with van der Waals surface area (Å²) >= 11 is 5.92. The summed E-state index contributed by atoms with van der Waals surface area (Å²) < 4.78 is 4.98. The minimum absolute atomic E-state index is 0.0563. The van der Waals surface area contributed by atoms with Gasteiger partial charge in [-0.3, -0.25) is 4.79 Å². The Morgan fingerprint density at radius 1 is 1.53 bits per heavy atom. The predicted molar refractivity (Wildman–Crippen MR) is 61.3 cm³/mol. The van der Waals surface area contributed by atoms with E-state index in [1.54, 1.807) is 6.07 Å². The number of hydrogen-bond acceptors (Lipinski definition) is 2. The van der Waals surface area contributed by atoms with Crippen molar-refractivity contribution in [1.29, 1.82) is 0 Å². The van der Waals surface area contributed by atoms with Gasteiger partial charge in [0.25, 0.3) is 0 Å². The van der Waals surface area contributed by atoms with E-state index < -0.39 is 0 Å². The molecule has 0 aliphatic rings. The van der Waals surface area contributed by atoms with Gasteiger partial charge in [-0.05, 0) is 31.5 Å². The molecule has 1 N–H and O–H groups in total. The number of benzene rings is 1. The second-order valence-corrected chi connectivity index (χ2v) is 3.58. The first-order valence-corrected chi connectivity index (χ1v) is 5.15. The zero-order valence-corrected chi connectivity index (χ0v) is 9.60. The lowest BCUT2D eigenvalue weighted by atomic mass is 10.2. The second-order valence-electron chi connectivity index (χ2n) is 3.17. The first-order chi connectivity index (χ1) is 7.13. The highest BCUT2D eigenvalue weighted by Crippen LogP contribution is 2.22. The molecule has 0 radical (unpaired) electrons. The fraction of sp³-hybridized carbons (Fsp3) is 0.364. The molecule has 0 aliphatic heterocycles. The molecule has 0 aliphatic carbocycles. The van der Waals surface area contributed by atoms with E-state index in [0.29, 0.717) is 17.3 Å². The number of carbonyl (C=O) groups excluding carboxylic acids is 1. The maximum Gasteiger partial charge on any atom is 0.250 e. The number of amides is 1. The Kier molecular flexibility index (Phi) is 4.59. The lowest BCUT2D eigenvalue weighted by Gasteiger charge is -2.07. The molecule has 1 aromatic rings. The zero-order chi connectivity index (χ0) is 11.3. The Labute approximate surface area is 94.4 Å². The summed E-state index contributed by atoms with van der Waals surface area (Å²) in [4.78, 5) is 11.3. The monoisotopic (exact) mass is 227 g/mol. The van der Waals surface area contributed by atoms with Crippen LogP contribution in [0.3, 0.4) is 0 Å². The largest absolute Gasteiger partial charge is 0.372 e. The highest BCUT2D eigenvalue weighted by atomic mass is 35.5. The lowest BCUT2D eigenvalue weighted by Crippen LogP contribution is -2.18. The molecule has 0 aromatic heterocycles. The Hall–Kier alpha value is -1.06. The van der Waals surface area contributed by atoms with Crippen LogP contribution in [-0.2, 0) is 9.53 Å². The first kappa shape index (κ1) is 12.0. The van der Waals surface area contributed by atoms with Gasteiger partial charge in [-0.25, -0.2) is 0 Å². The highest BCUT2D eigenvalue weighted by Gasteiger charge is 2.05. The summed E-state index contributed by atoms with van der Waals surface area (Å²) in [6, 6.07) is 5.47. The summed E-state index contributed by atoms with van der Waals surface area (Å²) in [7, 11) is 0. The molecule has 0 unspecified atom stereocenters. The average Bonchev–Trinajstić information content (AvgIpc) is 2.20. The number of ether oxygens (including phenoxy) is 1. The molecular weight excluding hydrogens is 214 g/mol. The molecule has 0 fully saturated rings. The average molecular weight is 228 g/mol. The number of aryl methyl sites for hydroxylation is 1. The van der Waals surface area contributed by atoms with Crippen LogP contribution in [0.4, 0.5) is 5.69 Å². The van der Waals surface area contributed by atoms with Gasteiger partial charge in [-0.1, -0.05) is 17.7 Å². The van der Waals surface area contributed by atoms with Crippen molar-refractivity contribution in [2.24, 2.45) is 0 Å². The van der Waals surface area contributed by atoms with Crippen molar-refractivity contribution in [1.82, 2.24) is 0 Å². The van der Waals surface area contributed by atoms with E-state index in [4.69, 9.17) is 16.3 Å². The van der Waals surface area contributed by atoms with Crippen LogP contribution in [0.15, 0.2) is 18.2 Å². The minimum Gasteiger partial charge on any atom is -0.372 e. The molecule has 1 amide bonds. The van der Waals surface area contributed by atoms with Gasteiger partial charge in [0, 0.05) is 6.61 Å². The fourth-order valence-electron chi connectivity index (χ4n) is 1.12. The molecule has 1 aromatic carbocycles. The molecule has 15 heavy (non-hydrogen) atoms. The maximum absolute atomic E-state index is 11.3. The van der Waals surface area contributed by atoms with Crippen LogP contribution in [0, 0.1) is 6.92 Å². The van der Waals surface area contributed by atoms with Crippen molar-refractivity contribution < 1.29 is 9.53 Å². The number of hydrogen-bond donors (Lipinski definition) is 1. The summed E-state index contributed by atoms with van der Waals surface area (Å²) in [6.07, 6.45) is 0. The van der Waals surface area contributed by atoms with Gasteiger partial charge < -0.3 is 10.1 Å². The normalized spacial score (nSPS) is 10.1. The number of rotatable bonds is 4. The van der Waals surface area contributed by atoms with Crippen LogP contribution in [0.25, 0.3) is 0 Å². The molecule has 0 saturated carbocycles. The molecule has 1 rings (SSSR count). The van der Waals surface area contributed by atoms with Crippen LogP contribution in [0.2, 0.25) is 5.02 Å². The molecule has 82 valence electrons. The van der Waals surface area contributed by atoms with Gasteiger partial charge in [-0.15, -0.1) is 0 Å². The van der Waals surface area contributed by atoms with E-state index in [2.05, 4.69) is 5.32 Å². The zero-order valence-electron chi connectivity index (χ0n) is 8.84. The predicted octanol–water partition coefficient (Wildman–Crippen LogP) is 2.62. The lowest BCUT2D eigenvalue weighted by molar-refractivity contribution is -0.120. The standard InChI is InChI=1S/C11H14ClNO2/c1-3-15-7-11(14)13-10-6-8(2)4-5-9(10)12/h4-6H,3,7H2,1-2H3,(H,13,14). The van der Waals surface area contributed by atoms with Crippen LogP contribution < -0.4 is 5.32 Å². The summed E-state index contributed by atoms with van der Waals surface area (Å²) in [5.41, 5.74) is 1.67. The van der Waals surface area contributed by atoms with Crippen molar-refractivity contribution in [3.63, 3.8) is 0 Å². The first-order valence-electron chi connectivity index (χ1n) is 4.77. The number of carbonyl (C=O) groups is 1. The molecular formula is C11H14ClNO2. The molecule has 0 saturated heterocycles. The van der Waals surface area contributed by atoms with Gasteiger partial charge in [0.1, 0.15) is 6.61 Å². The SMILES string of the molecule is CCOCC(=O)Nc1cc(C)ccc1Cl. The number of nitrogens with one attached hydrogen (secondary N) is 1.